The Bertz CT molecular complexity index is 1480. The molecule has 8 nitrogen and oxygen atoms in total. The third-order valence-electron chi connectivity index (χ3n) is 5.73. The Morgan fingerprint density at radius 2 is 2.00 bits per heavy atom. The number of carbonyl (C=O) groups is 1. The van der Waals surface area contributed by atoms with E-state index in [9.17, 15) is 13.9 Å². The molecule has 0 aliphatic rings. The molecule has 0 radical (unpaired) electrons. The molecule has 4 rings (SSSR count). The molecule has 0 fully saturated rings. The van der Waals surface area contributed by atoms with Gasteiger partial charge in [0.2, 0.25) is 0 Å². The minimum Gasteiger partial charge on any atom is -0.496 e. The Morgan fingerprint density at radius 1 is 1.26 bits per heavy atom. The summed E-state index contributed by atoms with van der Waals surface area (Å²) in [5.74, 6) is 0.693. The number of methoxy groups -OCH3 is 1. The molecule has 0 bridgehead atoms. The zero-order valence-corrected chi connectivity index (χ0v) is 21.1. The number of fused-ring (bicyclic) bond motifs is 2. The number of amides is 1. The number of carbonyl (C=O) groups excluding carboxylic acids is 1. The first-order valence-electron chi connectivity index (χ1n) is 10.9. The number of nitriles is 1. The molecule has 2 aromatic carbocycles. The Balaban J connectivity index is 2.06. The molecule has 4 aromatic rings. The van der Waals surface area contributed by atoms with Crippen LogP contribution in [0, 0.1) is 18.3 Å². The first-order chi connectivity index (χ1) is 16.5. The smallest absolute Gasteiger partial charge is 0.408 e. The van der Waals surface area contributed by atoms with Crippen LogP contribution in [-0.4, -0.2) is 32.7 Å². The predicted molar refractivity (Wildman–Crippen MR) is 134 cm³/mol. The second-order valence-corrected chi connectivity index (χ2v) is 9.91. The average molecular weight is 496 g/mol. The molecule has 0 saturated heterocycles. The summed E-state index contributed by atoms with van der Waals surface area (Å²) in [5.41, 5.74) is 1.48. The van der Waals surface area contributed by atoms with Gasteiger partial charge < -0.3 is 19.8 Å². The van der Waals surface area contributed by atoms with Crippen LogP contribution in [-0.2, 0) is 10.3 Å². The van der Waals surface area contributed by atoms with Gasteiger partial charge in [0.05, 0.1) is 29.8 Å². The fourth-order valence-electron chi connectivity index (χ4n) is 4.30. The van der Waals surface area contributed by atoms with E-state index in [1.165, 1.54) is 11.1 Å². The highest BCUT2D eigenvalue weighted by Gasteiger charge is 2.42. The summed E-state index contributed by atoms with van der Waals surface area (Å²) in [5, 5.41) is 13.0. The normalized spacial score (nSPS) is 13.4. The number of nitrogens with one attached hydrogen (secondary N) is 2. The lowest BCUT2D eigenvalue weighted by Gasteiger charge is -2.33. The number of halogens is 1. The number of alkyl carbamates (subject to hydrolysis) is 1. The number of hydrogen-bond acceptors (Lipinski definition) is 6. The fourth-order valence-corrected chi connectivity index (χ4v) is 4.82. The van der Waals surface area contributed by atoms with Gasteiger partial charge in [-0.25, -0.2) is 13.8 Å². The van der Waals surface area contributed by atoms with Crippen LogP contribution >= 0.6 is 12.3 Å². The Morgan fingerprint density at radius 3 is 2.63 bits per heavy atom. The molecule has 2 N–H and O–H groups in total. The van der Waals surface area contributed by atoms with Crippen LogP contribution in [0.25, 0.3) is 21.9 Å². The lowest BCUT2D eigenvalue weighted by Crippen LogP contribution is -2.48. The maximum Gasteiger partial charge on any atom is 0.408 e. The lowest BCUT2D eigenvalue weighted by atomic mass is 9.86. The number of imidazole rings is 1. The molecule has 0 saturated carbocycles. The monoisotopic (exact) mass is 495 g/mol. The number of aryl methyl sites for hydroxylation is 1. The third kappa shape index (κ3) is 4.28. The third-order valence-corrected chi connectivity index (χ3v) is 6.24. The Labute approximate surface area is 206 Å². The van der Waals surface area contributed by atoms with Crippen molar-refractivity contribution in [2.24, 2.45) is 0 Å². The minimum atomic E-state index is -1.40. The van der Waals surface area contributed by atoms with Crippen molar-refractivity contribution in [1.82, 2.24) is 19.3 Å². The minimum absolute atomic E-state index is 0.0386. The van der Waals surface area contributed by atoms with Crippen molar-refractivity contribution in [3.63, 3.8) is 0 Å². The van der Waals surface area contributed by atoms with Gasteiger partial charge in [-0.15, -0.1) is 3.89 Å². The molecular weight excluding hydrogens is 469 g/mol. The molecule has 0 spiro atoms. The van der Waals surface area contributed by atoms with Gasteiger partial charge in [0, 0.05) is 22.7 Å². The molecule has 10 heteroatoms. The molecule has 0 aliphatic heterocycles. The summed E-state index contributed by atoms with van der Waals surface area (Å²) in [4.78, 5) is 21.0. The predicted octanol–water partition coefficient (Wildman–Crippen LogP) is 5.88. The largest absolute Gasteiger partial charge is 0.496 e. The van der Waals surface area contributed by atoms with E-state index in [1.54, 1.807) is 52.1 Å². The van der Waals surface area contributed by atoms with E-state index in [1.807, 2.05) is 19.1 Å². The number of ether oxygens (including phenoxy) is 2. The van der Waals surface area contributed by atoms with E-state index >= 15 is 0 Å². The summed E-state index contributed by atoms with van der Waals surface area (Å²) in [6.45, 7) is 8.96. The molecule has 1 amide bonds. The Kier molecular flexibility index (Phi) is 6.15. The number of nitrogens with zero attached hydrogens (tertiary/aromatic N) is 3. The standard InChI is InChI=1S/C25H26FN5O3S/c1-14-11-19(33-6)20(16-9-10-28-21(14)16)25(5,30-23(32)34-24(2,3)4)22-29-17-12-15(13-27)7-8-18(17)31(22)35-26/h7-12,28H,1-6H3,(H,30,32). The highest BCUT2D eigenvalue weighted by molar-refractivity contribution is 7.93. The van der Waals surface area contributed by atoms with Crippen LogP contribution in [0.1, 0.15) is 50.2 Å². The lowest BCUT2D eigenvalue weighted by molar-refractivity contribution is 0.0475. The van der Waals surface area contributed by atoms with Gasteiger partial charge in [-0.1, -0.05) is 0 Å². The first-order valence-corrected chi connectivity index (χ1v) is 11.6. The highest BCUT2D eigenvalue weighted by atomic mass is 32.2. The van der Waals surface area contributed by atoms with Crippen LogP contribution in [0.15, 0.2) is 36.5 Å². The Hall–Kier alpha value is -3.71. The number of hydrogen-bond donors (Lipinski definition) is 2. The molecule has 0 aliphatic carbocycles. The van der Waals surface area contributed by atoms with Gasteiger partial charge in [0.15, 0.2) is 18.2 Å². The summed E-state index contributed by atoms with van der Waals surface area (Å²) < 4.78 is 27.1. The van der Waals surface area contributed by atoms with Crippen molar-refractivity contribution in [2.45, 2.75) is 45.8 Å². The number of benzene rings is 2. The summed E-state index contributed by atoms with van der Waals surface area (Å²) in [7, 11) is 1.54. The van der Waals surface area contributed by atoms with Crippen LogP contribution in [0.3, 0.4) is 0 Å². The van der Waals surface area contributed by atoms with Gasteiger partial charge in [-0.3, -0.25) is 0 Å². The van der Waals surface area contributed by atoms with E-state index in [0.717, 1.165) is 16.5 Å². The van der Waals surface area contributed by atoms with E-state index in [2.05, 4.69) is 16.4 Å². The summed E-state index contributed by atoms with van der Waals surface area (Å²) >= 11 is -0.0386. The molecule has 35 heavy (non-hydrogen) atoms. The van der Waals surface area contributed by atoms with Crippen LogP contribution in [0.2, 0.25) is 0 Å². The van der Waals surface area contributed by atoms with Gasteiger partial charge in [-0.2, -0.15) is 5.26 Å². The highest BCUT2D eigenvalue weighted by Crippen LogP contribution is 2.43. The maximum atomic E-state index is 14.5. The summed E-state index contributed by atoms with van der Waals surface area (Å²) in [6.07, 6.45) is 1.09. The number of aromatic nitrogens is 3. The zero-order valence-electron chi connectivity index (χ0n) is 20.3. The van der Waals surface area contributed by atoms with Crippen molar-refractivity contribution in [3.05, 3.63) is 59.0 Å². The fraction of sp³-hybridized carbons (Fsp3) is 0.320. The molecule has 2 heterocycles. The average Bonchev–Trinajstić information content (AvgIpc) is 3.42. The van der Waals surface area contributed by atoms with E-state index in [4.69, 9.17) is 14.5 Å². The second-order valence-electron chi connectivity index (χ2n) is 9.40. The van der Waals surface area contributed by atoms with E-state index < -0.39 is 17.2 Å². The molecule has 2 aromatic heterocycles. The van der Waals surface area contributed by atoms with Crippen molar-refractivity contribution in [2.75, 3.05) is 7.11 Å². The van der Waals surface area contributed by atoms with Gasteiger partial charge >= 0.3 is 6.09 Å². The van der Waals surface area contributed by atoms with Crippen LogP contribution in [0.5, 0.6) is 5.75 Å². The van der Waals surface area contributed by atoms with Crippen LogP contribution in [0.4, 0.5) is 8.68 Å². The van der Waals surface area contributed by atoms with Gasteiger partial charge in [-0.05, 0) is 70.5 Å². The van der Waals surface area contributed by atoms with Crippen LogP contribution < -0.4 is 10.1 Å². The zero-order chi connectivity index (χ0) is 25.5. The van der Waals surface area contributed by atoms with Crippen molar-refractivity contribution in [1.29, 1.82) is 5.26 Å². The number of H-pyrrole nitrogens is 1. The van der Waals surface area contributed by atoms with Crippen molar-refractivity contribution >= 4 is 40.4 Å². The van der Waals surface area contributed by atoms with E-state index in [0.29, 0.717) is 27.9 Å². The second kappa shape index (κ2) is 8.82. The first kappa shape index (κ1) is 24.4. The summed E-state index contributed by atoms with van der Waals surface area (Å²) in [6, 6.07) is 10.6. The molecule has 1 atom stereocenters. The SMILES string of the molecule is COc1cc(C)c2[nH]ccc2c1C(C)(NC(=O)OC(C)(C)C)c1nc2cc(C#N)ccc2n1SF. The maximum absolute atomic E-state index is 14.5. The van der Waals surface area contributed by atoms with Gasteiger partial charge in [0.25, 0.3) is 0 Å². The van der Waals surface area contributed by atoms with E-state index in [-0.39, 0.29) is 18.2 Å². The van der Waals surface area contributed by atoms with Crippen molar-refractivity contribution < 1.29 is 18.2 Å². The molecule has 182 valence electrons. The molecule has 1 unspecified atom stereocenters. The number of aromatic amines is 1. The molecular formula is C25H26FN5O3S. The van der Waals surface area contributed by atoms with Gasteiger partial charge in [0.1, 0.15) is 16.9 Å². The van der Waals surface area contributed by atoms with Crippen molar-refractivity contribution in [3.8, 4) is 11.8 Å². The quantitative estimate of drug-likeness (QED) is 0.358. The number of rotatable bonds is 5. The topological polar surface area (TPSA) is 105 Å².